The molecular formula is C18H24N2O2. The molecule has 1 unspecified atom stereocenters. The van der Waals surface area contributed by atoms with Crippen molar-refractivity contribution in [2.75, 3.05) is 6.61 Å². The van der Waals surface area contributed by atoms with Gasteiger partial charge in [-0.15, -0.1) is 0 Å². The Hall–Kier alpha value is -1.65. The Bertz CT molecular complexity index is 541. The Morgan fingerprint density at radius 3 is 2.95 bits per heavy atom. The maximum Gasteiger partial charge on any atom is 0.103 e. The lowest BCUT2D eigenvalue weighted by Crippen LogP contribution is -2.44. The van der Waals surface area contributed by atoms with Gasteiger partial charge in [0.2, 0.25) is 0 Å². The minimum atomic E-state index is 0.128. The second-order valence-corrected chi connectivity index (χ2v) is 6.01. The van der Waals surface area contributed by atoms with Crippen molar-refractivity contribution in [1.82, 2.24) is 10.3 Å². The number of aryl methyl sites for hydroxylation is 1. The summed E-state index contributed by atoms with van der Waals surface area (Å²) in [4.78, 5) is 4.10. The highest BCUT2D eigenvalue weighted by atomic mass is 16.5. The Morgan fingerprint density at radius 2 is 2.18 bits per heavy atom. The molecule has 118 valence electrons. The van der Waals surface area contributed by atoms with Crippen molar-refractivity contribution >= 4 is 0 Å². The molecule has 1 fully saturated rings. The second-order valence-electron chi connectivity index (χ2n) is 6.01. The lowest BCUT2D eigenvalue weighted by atomic mass is 9.95. The van der Waals surface area contributed by atoms with Gasteiger partial charge >= 0.3 is 0 Å². The molecule has 1 aliphatic heterocycles. The molecule has 0 spiro atoms. The van der Waals surface area contributed by atoms with Crippen molar-refractivity contribution in [3.8, 4) is 0 Å². The molecule has 3 rings (SSSR count). The summed E-state index contributed by atoms with van der Waals surface area (Å²) < 4.78 is 11.4. The second kappa shape index (κ2) is 7.56. The number of nitrogens with one attached hydrogen (secondary N) is 1. The maximum atomic E-state index is 6.02. The fraction of sp³-hybridized carbons (Fsp3) is 0.500. The Labute approximate surface area is 131 Å². The molecule has 0 amide bonds. The number of pyridine rings is 1. The standard InChI is InChI=1S/C18H24N2O2/c1-14(6-7-16-4-2-12-21-16)20-17-5-3-13-22-18(17)15-8-10-19-11-9-15/h2,4,8-12,14,17-18,20H,3,5-7,13H2,1H3/t14?,17-,18+/m0/s1. The monoisotopic (exact) mass is 300 g/mol. The number of nitrogens with zero attached hydrogens (tertiary/aromatic N) is 1. The van der Waals surface area contributed by atoms with Gasteiger partial charge in [-0.3, -0.25) is 4.98 Å². The molecule has 0 radical (unpaired) electrons. The zero-order chi connectivity index (χ0) is 15.2. The summed E-state index contributed by atoms with van der Waals surface area (Å²) in [5.74, 6) is 1.05. The summed E-state index contributed by atoms with van der Waals surface area (Å²) in [5, 5.41) is 3.74. The van der Waals surface area contributed by atoms with E-state index in [1.165, 1.54) is 5.56 Å². The van der Waals surface area contributed by atoms with Crippen LogP contribution in [-0.4, -0.2) is 23.7 Å². The van der Waals surface area contributed by atoms with Crippen LogP contribution in [0.4, 0.5) is 0 Å². The van der Waals surface area contributed by atoms with E-state index in [0.717, 1.165) is 38.1 Å². The predicted octanol–water partition coefficient (Wildman–Crippen LogP) is 3.51. The van der Waals surface area contributed by atoms with Gasteiger partial charge in [0.05, 0.1) is 12.4 Å². The van der Waals surface area contributed by atoms with Gasteiger partial charge in [0, 0.05) is 37.5 Å². The molecule has 0 bridgehead atoms. The molecule has 0 saturated carbocycles. The van der Waals surface area contributed by atoms with E-state index in [1.807, 2.05) is 24.5 Å². The molecule has 2 aromatic rings. The van der Waals surface area contributed by atoms with Crippen LogP contribution in [0.1, 0.15) is 43.6 Å². The van der Waals surface area contributed by atoms with Crippen LogP contribution in [-0.2, 0) is 11.2 Å². The summed E-state index contributed by atoms with van der Waals surface area (Å²) in [7, 11) is 0. The summed E-state index contributed by atoms with van der Waals surface area (Å²) >= 11 is 0. The van der Waals surface area contributed by atoms with E-state index in [0.29, 0.717) is 12.1 Å². The van der Waals surface area contributed by atoms with Crippen LogP contribution in [0.3, 0.4) is 0 Å². The van der Waals surface area contributed by atoms with Crippen LogP contribution in [0.5, 0.6) is 0 Å². The minimum absolute atomic E-state index is 0.128. The van der Waals surface area contributed by atoms with E-state index in [-0.39, 0.29) is 6.10 Å². The zero-order valence-corrected chi connectivity index (χ0v) is 13.1. The van der Waals surface area contributed by atoms with Crippen molar-refractivity contribution in [2.45, 2.75) is 50.8 Å². The first kappa shape index (κ1) is 15.3. The first-order chi connectivity index (χ1) is 10.8. The van der Waals surface area contributed by atoms with Crippen molar-refractivity contribution in [1.29, 1.82) is 0 Å². The number of hydrogen-bond acceptors (Lipinski definition) is 4. The lowest BCUT2D eigenvalue weighted by molar-refractivity contribution is -0.0136. The van der Waals surface area contributed by atoms with Crippen molar-refractivity contribution in [2.24, 2.45) is 0 Å². The third-order valence-electron chi connectivity index (χ3n) is 4.26. The molecule has 0 aliphatic carbocycles. The van der Waals surface area contributed by atoms with Gasteiger partial charge in [0.1, 0.15) is 5.76 Å². The van der Waals surface area contributed by atoms with E-state index in [9.17, 15) is 0 Å². The minimum Gasteiger partial charge on any atom is -0.469 e. The van der Waals surface area contributed by atoms with Gasteiger partial charge < -0.3 is 14.5 Å². The molecule has 3 heterocycles. The molecular weight excluding hydrogens is 276 g/mol. The summed E-state index contributed by atoms with van der Waals surface area (Å²) in [5.41, 5.74) is 1.21. The quantitative estimate of drug-likeness (QED) is 0.887. The molecule has 0 aromatic carbocycles. The third-order valence-corrected chi connectivity index (χ3v) is 4.26. The molecule has 1 N–H and O–H groups in total. The summed E-state index contributed by atoms with van der Waals surface area (Å²) in [6, 6.07) is 8.89. The predicted molar refractivity (Wildman–Crippen MR) is 85.6 cm³/mol. The lowest BCUT2D eigenvalue weighted by Gasteiger charge is -2.34. The molecule has 1 saturated heterocycles. The largest absolute Gasteiger partial charge is 0.469 e. The van der Waals surface area contributed by atoms with Gasteiger partial charge in [-0.05, 0) is 56.0 Å². The van der Waals surface area contributed by atoms with Gasteiger partial charge in [-0.25, -0.2) is 0 Å². The average molecular weight is 300 g/mol. The topological polar surface area (TPSA) is 47.3 Å². The van der Waals surface area contributed by atoms with E-state index in [1.54, 1.807) is 6.26 Å². The number of aromatic nitrogens is 1. The van der Waals surface area contributed by atoms with Gasteiger partial charge in [-0.1, -0.05) is 0 Å². The summed E-state index contributed by atoms with van der Waals surface area (Å²) in [6.07, 6.45) is 9.84. The van der Waals surface area contributed by atoms with E-state index in [4.69, 9.17) is 9.15 Å². The first-order valence-electron chi connectivity index (χ1n) is 8.13. The molecule has 4 nitrogen and oxygen atoms in total. The number of furan rings is 1. The van der Waals surface area contributed by atoms with Crippen molar-refractivity contribution in [3.63, 3.8) is 0 Å². The fourth-order valence-corrected chi connectivity index (χ4v) is 3.10. The van der Waals surface area contributed by atoms with Gasteiger partial charge in [0.25, 0.3) is 0 Å². The highest BCUT2D eigenvalue weighted by molar-refractivity contribution is 5.16. The SMILES string of the molecule is CC(CCc1ccco1)N[C@H]1CCCO[C@@H]1c1ccncc1. The molecule has 2 aromatic heterocycles. The Kier molecular flexibility index (Phi) is 5.24. The average Bonchev–Trinajstić information content (AvgIpc) is 3.08. The Balaban J connectivity index is 1.56. The van der Waals surface area contributed by atoms with E-state index >= 15 is 0 Å². The highest BCUT2D eigenvalue weighted by Gasteiger charge is 2.28. The van der Waals surface area contributed by atoms with Crippen molar-refractivity contribution < 1.29 is 9.15 Å². The van der Waals surface area contributed by atoms with Crippen molar-refractivity contribution in [3.05, 3.63) is 54.2 Å². The number of ether oxygens (including phenoxy) is 1. The van der Waals surface area contributed by atoms with Gasteiger partial charge in [0.15, 0.2) is 0 Å². The maximum absolute atomic E-state index is 6.02. The Morgan fingerprint density at radius 1 is 1.32 bits per heavy atom. The van der Waals surface area contributed by atoms with Crippen LogP contribution in [0, 0.1) is 0 Å². The van der Waals surface area contributed by atoms with Gasteiger partial charge in [-0.2, -0.15) is 0 Å². The smallest absolute Gasteiger partial charge is 0.103 e. The normalized spacial score (nSPS) is 23.3. The van der Waals surface area contributed by atoms with Crippen LogP contribution < -0.4 is 5.32 Å². The molecule has 4 heteroatoms. The van der Waals surface area contributed by atoms with Crippen LogP contribution in [0.25, 0.3) is 0 Å². The van der Waals surface area contributed by atoms with Crippen LogP contribution >= 0.6 is 0 Å². The molecule has 22 heavy (non-hydrogen) atoms. The molecule has 1 aliphatic rings. The first-order valence-corrected chi connectivity index (χ1v) is 8.13. The van der Waals surface area contributed by atoms with E-state index < -0.39 is 0 Å². The third kappa shape index (κ3) is 3.96. The summed E-state index contributed by atoms with van der Waals surface area (Å²) in [6.45, 7) is 3.08. The van der Waals surface area contributed by atoms with Crippen LogP contribution in [0.2, 0.25) is 0 Å². The fourth-order valence-electron chi connectivity index (χ4n) is 3.10. The highest BCUT2D eigenvalue weighted by Crippen LogP contribution is 2.28. The number of rotatable bonds is 6. The zero-order valence-electron chi connectivity index (χ0n) is 13.1. The number of hydrogen-bond donors (Lipinski definition) is 1. The molecule has 3 atom stereocenters. The van der Waals surface area contributed by atoms with E-state index in [2.05, 4.69) is 29.4 Å². The van der Waals surface area contributed by atoms with Crippen LogP contribution in [0.15, 0.2) is 47.3 Å².